The maximum atomic E-state index is 11.0. The van der Waals surface area contributed by atoms with Crippen molar-refractivity contribution in [3.05, 3.63) is 63.2 Å². The minimum atomic E-state index is -0.454. The molecule has 0 saturated carbocycles. The molecule has 3 N–H and O–H groups in total. The van der Waals surface area contributed by atoms with E-state index in [9.17, 15) is 10.1 Å². The molecule has 108 valence electrons. The molecule has 2 aromatic carbocycles. The number of hydrogen-bond acceptors (Lipinski definition) is 4. The van der Waals surface area contributed by atoms with Crippen LogP contribution in [-0.2, 0) is 0 Å². The molecule has 0 radical (unpaired) electrons. The van der Waals surface area contributed by atoms with Crippen LogP contribution in [0.4, 0.5) is 5.69 Å². The summed E-state index contributed by atoms with van der Waals surface area (Å²) in [6.07, 6.45) is 0. The van der Waals surface area contributed by atoms with Gasteiger partial charge in [0.25, 0.3) is 5.69 Å². The third-order valence-corrected chi connectivity index (χ3v) is 3.10. The van der Waals surface area contributed by atoms with E-state index in [0.29, 0.717) is 22.6 Å². The highest BCUT2D eigenvalue weighted by molar-refractivity contribution is 5.97. The smallest absolute Gasteiger partial charge is 0.276 e. The number of nitrogens with zero attached hydrogens (tertiary/aromatic N) is 1. The number of aryl methyl sites for hydroxylation is 1. The summed E-state index contributed by atoms with van der Waals surface area (Å²) >= 11 is 0. The van der Waals surface area contributed by atoms with Crippen molar-refractivity contribution in [1.29, 1.82) is 5.41 Å². The Kier molecular flexibility index (Phi) is 3.89. The standard InChI is InChI=1S/C15H15N3O3/c1-9-6-7-11(15(16)17)14(8-9)21-13-5-3-4-12(10(13)2)18(19)20/h3-8H,1-2H3,(H3,16,17). The van der Waals surface area contributed by atoms with Crippen LogP contribution in [-0.4, -0.2) is 10.8 Å². The van der Waals surface area contributed by atoms with Gasteiger partial charge in [0.05, 0.1) is 16.1 Å². The van der Waals surface area contributed by atoms with Gasteiger partial charge in [0.15, 0.2) is 0 Å². The lowest BCUT2D eigenvalue weighted by Gasteiger charge is -2.13. The summed E-state index contributed by atoms with van der Waals surface area (Å²) in [5.41, 5.74) is 7.34. The Bertz CT molecular complexity index is 726. The predicted molar refractivity (Wildman–Crippen MR) is 80.1 cm³/mol. The van der Waals surface area contributed by atoms with Gasteiger partial charge in [-0.25, -0.2) is 0 Å². The minimum absolute atomic E-state index is 0.00970. The Morgan fingerprint density at radius 3 is 2.57 bits per heavy atom. The molecule has 0 heterocycles. The van der Waals surface area contributed by atoms with Gasteiger partial charge in [-0.05, 0) is 37.6 Å². The summed E-state index contributed by atoms with van der Waals surface area (Å²) in [5, 5.41) is 18.5. The SMILES string of the molecule is Cc1ccc(C(=N)N)c(Oc2cccc([N+](=O)[O-])c2C)c1. The van der Waals surface area contributed by atoms with Crippen LogP contribution in [0.2, 0.25) is 0 Å². The summed E-state index contributed by atoms with van der Waals surface area (Å²) < 4.78 is 5.75. The summed E-state index contributed by atoms with van der Waals surface area (Å²) in [7, 11) is 0. The first-order valence-electron chi connectivity index (χ1n) is 6.27. The van der Waals surface area contributed by atoms with Crippen LogP contribution in [0.1, 0.15) is 16.7 Å². The molecule has 0 amide bonds. The second-order valence-corrected chi connectivity index (χ2v) is 4.67. The van der Waals surface area contributed by atoms with E-state index in [4.69, 9.17) is 15.9 Å². The number of nitrogens with two attached hydrogens (primary N) is 1. The van der Waals surface area contributed by atoms with E-state index in [2.05, 4.69) is 0 Å². The minimum Gasteiger partial charge on any atom is -0.456 e. The molecule has 0 atom stereocenters. The molecule has 0 aliphatic heterocycles. The van der Waals surface area contributed by atoms with Crippen LogP contribution in [0.3, 0.4) is 0 Å². The van der Waals surface area contributed by atoms with Gasteiger partial charge in [0, 0.05) is 6.07 Å². The van der Waals surface area contributed by atoms with Crippen LogP contribution in [0.5, 0.6) is 11.5 Å². The van der Waals surface area contributed by atoms with Crippen molar-refractivity contribution < 1.29 is 9.66 Å². The lowest BCUT2D eigenvalue weighted by atomic mass is 10.1. The number of nitrogens with one attached hydrogen (secondary N) is 1. The molecule has 21 heavy (non-hydrogen) atoms. The summed E-state index contributed by atoms with van der Waals surface area (Å²) in [6.45, 7) is 3.51. The second-order valence-electron chi connectivity index (χ2n) is 4.67. The van der Waals surface area contributed by atoms with Crippen LogP contribution >= 0.6 is 0 Å². The van der Waals surface area contributed by atoms with Crippen molar-refractivity contribution in [3.8, 4) is 11.5 Å². The topological polar surface area (TPSA) is 102 Å². The molecule has 0 fully saturated rings. The van der Waals surface area contributed by atoms with Crippen molar-refractivity contribution in [2.75, 3.05) is 0 Å². The number of benzene rings is 2. The molecule has 0 aromatic heterocycles. The highest BCUT2D eigenvalue weighted by Gasteiger charge is 2.16. The third kappa shape index (κ3) is 3.00. The first-order valence-corrected chi connectivity index (χ1v) is 6.27. The number of nitro groups is 1. The van der Waals surface area contributed by atoms with Gasteiger partial charge >= 0.3 is 0 Å². The molecule has 0 unspecified atom stereocenters. The highest BCUT2D eigenvalue weighted by atomic mass is 16.6. The molecule has 6 nitrogen and oxygen atoms in total. The van der Waals surface area contributed by atoms with E-state index in [-0.39, 0.29) is 11.5 Å². The van der Waals surface area contributed by atoms with Gasteiger partial charge in [0.1, 0.15) is 17.3 Å². The number of amidine groups is 1. The van der Waals surface area contributed by atoms with Crippen molar-refractivity contribution in [2.24, 2.45) is 5.73 Å². The maximum absolute atomic E-state index is 11.0. The summed E-state index contributed by atoms with van der Waals surface area (Å²) in [5.74, 6) is 0.663. The molecule has 6 heteroatoms. The van der Waals surface area contributed by atoms with Gasteiger partial charge in [-0.15, -0.1) is 0 Å². The molecular weight excluding hydrogens is 270 g/mol. The van der Waals surface area contributed by atoms with Gasteiger partial charge in [-0.1, -0.05) is 12.1 Å². The Labute approximate surface area is 121 Å². The number of nitrogen functional groups attached to an aromatic ring is 1. The van der Waals surface area contributed by atoms with Gasteiger partial charge in [0.2, 0.25) is 0 Å². The van der Waals surface area contributed by atoms with Gasteiger partial charge < -0.3 is 10.5 Å². The molecule has 2 aromatic rings. The molecular formula is C15H15N3O3. The molecule has 0 spiro atoms. The highest BCUT2D eigenvalue weighted by Crippen LogP contribution is 2.32. The zero-order chi connectivity index (χ0) is 15.6. The lowest BCUT2D eigenvalue weighted by molar-refractivity contribution is -0.385. The monoisotopic (exact) mass is 285 g/mol. The molecule has 2 rings (SSSR count). The Morgan fingerprint density at radius 2 is 1.95 bits per heavy atom. The zero-order valence-corrected chi connectivity index (χ0v) is 11.7. The Morgan fingerprint density at radius 1 is 1.24 bits per heavy atom. The predicted octanol–water partition coefficient (Wildman–Crippen LogP) is 3.29. The number of ether oxygens (including phenoxy) is 1. The molecule has 0 saturated heterocycles. The Balaban J connectivity index is 2.48. The number of hydrogen-bond donors (Lipinski definition) is 2. The summed E-state index contributed by atoms with van der Waals surface area (Å²) in [6, 6.07) is 9.89. The van der Waals surface area contributed by atoms with E-state index < -0.39 is 4.92 Å². The van der Waals surface area contributed by atoms with Crippen molar-refractivity contribution in [3.63, 3.8) is 0 Å². The largest absolute Gasteiger partial charge is 0.456 e. The first kappa shape index (κ1) is 14.5. The number of rotatable bonds is 4. The average molecular weight is 285 g/mol. The second kappa shape index (κ2) is 5.62. The van der Waals surface area contributed by atoms with Crippen LogP contribution < -0.4 is 10.5 Å². The van der Waals surface area contributed by atoms with E-state index in [0.717, 1.165) is 5.56 Å². The first-order chi connectivity index (χ1) is 9.90. The van der Waals surface area contributed by atoms with Crippen LogP contribution in [0.15, 0.2) is 36.4 Å². The fourth-order valence-corrected chi connectivity index (χ4v) is 1.97. The van der Waals surface area contributed by atoms with Crippen molar-refractivity contribution >= 4 is 11.5 Å². The normalized spacial score (nSPS) is 10.2. The fraction of sp³-hybridized carbons (Fsp3) is 0.133. The third-order valence-electron chi connectivity index (χ3n) is 3.10. The van der Waals surface area contributed by atoms with Gasteiger partial charge in [-0.3, -0.25) is 15.5 Å². The zero-order valence-electron chi connectivity index (χ0n) is 11.7. The van der Waals surface area contributed by atoms with Crippen LogP contribution in [0, 0.1) is 29.4 Å². The average Bonchev–Trinajstić information content (AvgIpc) is 2.40. The molecule has 0 aliphatic carbocycles. The molecule has 0 bridgehead atoms. The van der Waals surface area contributed by atoms with Crippen LogP contribution in [0.25, 0.3) is 0 Å². The lowest BCUT2D eigenvalue weighted by Crippen LogP contribution is -2.12. The summed E-state index contributed by atoms with van der Waals surface area (Å²) in [4.78, 5) is 10.5. The van der Waals surface area contributed by atoms with Crippen molar-refractivity contribution in [1.82, 2.24) is 0 Å². The molecule has 0 aliphatic rings. The van der Waals surface area contributed by atoms with Crippen molar-refractivity contribution in [2.45, 2.75) is 13.8 Å². The quantitative estimate of drug-likeness (QED) is 0.389. The van der Waals surface area contributed by atoms with E-state index in [1.54, 1.807) is 31.2 Å². The van der Waals surface area contributed by atoms with E-state index in [1.807, 2.05) is 13.0 Å². The Hall–Kier alpha value is -2.89. The maximum Gasteiger partial charge on any atom is 0.276 e. The van der Waals surface area contributed by atoms with Gasteiger partial charge in [-0.2, -0.15) is 0 Å². The van der Waals surface area contributed by atoms with E-state index in [1.165, 1.54) is 6.07 Å². The van der Waals surface area contributed by atoms with E-state index >= 15 is 0 Å². The number of nitro benzene ring substituents is 1. The fourth-order valence-electron chi connectivity index (χ4n) is 1.97.